The van der Waals surface area contributed by atoms with Crippen LogP contribution in [0.15, 0.2) is 6.20 Å². The predicted octanol–water partition coefficient (Wildman–Crippen LogP) is 2.25. The van der Waals surface area contributed by atoms with Crippen LogP contribution in [0.4, 0.5) is 0 Å². The first kappa shape index (κ1) is 14.5. The Morgan fingerprint density at radius 3 is 2.88 bits per heavy atom. The normalized spacial score (nSPS) is 11.0. The number of nitrogens with one attached hydrogen (secondary N) is 1. The molecule has 0 saturated carbocycles. The highest BCUT2D eigenvalue weighted by molar-refractivity contribution is 6.31. The van der Waals surface area contributed by atoms with Crippen LogP contribution in [0.2, 0.25) is 5.02 Å². The second kappa shape index (κ2) is 8.50. The summed E-state index contributed by atoms with van der Waals surface area (Å²) < 4.78 is 7.20. The highest BCUT2D eigenvalue weighted by atomic mass is 35.5. The summed E-state index contributed by atoms with van der Waals surface area (Å²) in [7, 11) is 0. The smallest absolute Gasteiger partial charge is 0.0814 e. The maximum atomic E-state index is 5.92. The SMILES string of the molecule is CCOCCCCNCCn1ncc(Cl)c1C. The van der Waals surface area contributed by atoms with Gasteiger partial charge in [0, 0.05) is 19.8 Å². The van der Waals surface area contributed by atoms with E-state index in [0.29, 0.717) is 0 Å². The first-order valence-corrected chi connectivity index (χ1v) is 6.60. The monoisotopic (exact) mass is 259 g/mol. The fourth-order valence-electron chi connectivity index (χ4n) is 1.56. The van der Waals surface area contributed by atoms with Crippen molar-refractivity contribution < 1.29 is 4.74 Å². The molecule has 1 aromatic rings. The van der Waals surface area contributed by atoms with E-state index < -0.39 is 0 Å². The summed E-state index contributed by atoms with van der Waals surface area (Å²) in [6, 6.07) is 0. The maximum absolute atomic E-state index is 5.92. The van der Waals surface area contributed by atoms with E-state index in [1.54, 1.807) is 6.20 Å². The zero-order valence-corrected chi connectivity index (χ0v) is 11.5. The van der Waals surface area contributed by atoms with E-state index in [4.69, 9.17) is 16.3 Å². The predicted molar refractivity (Wildman–Crippen MR) is 70.6 cm³/mol. The van der Waals surface area contributed by atoms with Crippen LogP contribution in [-0.2, 0) is 11.3 Å². The van der Waals surface area contributed by atoms with Gasteiger partial charge in [-0.3, -0.25) is 4.68 Å². The third-order valence-corrected chi connectivity index (χ3v) is 3.01. The van der Waals surface area contributed by atoms with Crippen molar-refractivity contribution in [3.05, 3.63) is 16.9 Å². The van der Waals surface area contributed by atoms with E-state index >= 15 is 0 Å². The molecular formula is C12H22ClN3O. The van der Waals surface area contributed by atoms with E-state index in [2.05, 4.69) is 10.4 Å². The molecule has 5 heteroatoms. The third kappa shape index (κ3) is 5.52. The van der Waals surface area contributed by atoms with Crippen molar-refractivity contribution in [3.8, 4) is 0 Å². The van der Waals surface area contributed by atoms with Gasteiger partial charge in [-0.15, -0.1) is 0 Å². The summed E-state index contributed by atoms with van der Waals surface area (Å²) in [5.41, 5.74) is 1.03. The van der Waals surface area contributed by atoms with Crippen molar-refractivity contribution >= 4 is 11.6 Å². The fraction of sp³-hybridized carbons (Fsp3) is 0.750. The fourth-order valence-corrected chi connectivity index (χ4v) is 1.70. The Hall–Kier alpha value is -0.580. The zero-order valence-electron chi connectivity index (χ0n) is 10.7. The Morgan fingerprint density at radius 1 is 1.41 bits per heavy atom. The molecule has 0 aliphatic carbocycles. The third-order valence-electron chi connectivity index (χ3n) is 2.64. The Labute approximate surface area is 108 Å². The van der Waals surface area contributed by atoms with Gasteiger partial charge in [0.25, 0.3) is 0 Å². The van der Waals surface area contributed by atoms with Crippen molar-refractivity contribution in [3.63, 3.8) is 0 Å². The van der Waals surface area contributed by atoms with Crippen LogP contribution < -0.4 is 5.32 Å². The van der Waals surface area contributed by atoms with Crippen LogP contribution in [-0.4, -0.2) is 36.1 Å². The molecule has 98 valence electrons. The van der Waals surface area contributed by atoms with Crippen LogP contribution in [0.25, 0.3) is 0 Å². The molecule has 0 fully saturated rings. The van der Waals surface area contributed by atoms with Gasteiger partial charge in [0.15, 0.2) is 0 Å². The van der Waals surface area contributed by atoms with Gasteiger partial charge < -0.3 is 10.1 Å². The van der Waals surface area contributed by atoms with Crippen LogP contribution >= 0.6 is 11.6 Å². The molecule has 17 heavy (non-hydrogen) atoms. The van der Waals surface area contributed by atoms with Gasteiger partial charge in [-0.25, -0.2) is 0 Å². The van der Waals surface area contributed by atoms with E-state index in [0.717, 1.165) is 56.4 Å². The zero-order chi connectivity index (χ0) is 12.5. The van der Waals surface area contributed by atoms with Crippen molar-refractivity contribution in [1.29, 1.82) is 0 Å². The first-order valence-electron chi connectivity index (χ1n) is 6.22. The van der Waals surface area contributed by atoms with Crippen molar-refractivity contribution in [2.45, 2.75) is 33.2 Å². The molecule has 0 radical (unpaired) electrons. The summed E-state index contributed by atoms with van der Waals surface area (Å²) in [4.78, 5) is 0. The molecule has 1 aromatic heterocycles. The Bertz CT molecular complexity index is 315. The minimum Gasteiger partial charge on any atom is -0.382 e. The van der Waals surface area contributed by atoms with Gasteiger partial charge in [-0.2, -0.15) is 5.10 Å². The summed E-state index contributed by atoms with van der Waals surface area (Å²) in [6.45, 7) is 8.50. The van der Waals surface area contributed by atoms with Gasteiger partial charge in [-0.1, -0.05) is 11.6 Å². The molecule has 0 aliphatic heterocycles. The lowest BCUT2D eigenvalue weighted by atomic mass is 10.3. The van der Waals surface area contributed by atoms with E-state index in [-0.39, 0.29) is 0 Å². The number of halogens is 1. The molecule has 1 heterocycles. The molecule has 1 rings (SSSR count). The molecule has 0 bridgehead atoms. The largest absolute Gasteiger partial charge is 0.382 e. The van der Waals surface area contributed by atoms with Crippen molar-refractivity contribution in [2.24, 2.45) is 0 Å². The summed E-state index contributed by atoms with van der Waals surface area (Å²) >= 11 is 5.92. The molecule has 0 aromatic carbocycles. The number of rotatable bonds is 9. The van der Waals surface area contributed by atoms with Crippen LogP contribution in [0.1, 0.15) is 25.5 Å². The van der Waals surface area contributed by atoms with Gasteiger partial charge >= 0.3 is 0 Å². The van der Waals surface area contributed by atoms with Gasteiger partial charge in [0.05, 0.1) is 23.5 Å². The number of aromatic nitrogens is 2. The highest BCUT2D eigenvalue weighted by Crippen LogP contribution is 2.12. The molecule has 0 atom stereocenters. The number of unbranched alkanes of at least 4 members (excludes halogenated alkanes) is 1. The molecule has 1 N–H and O–H groups in total. The lowest BCUT2D eigenvalue weighted by Crippen LogP contribution is -2.22. The first-order chi connectivity index (χ1) is 8.25. The minimum atomic E-state index is 0.738. The van der Waals surface area contributed by atoms with E-state index in [1.165, 1.54) is 0 Å². The van der Waals surface area contributed by atoms with Crippen LogP contribution in [0.3, 0.4) is 0 Å². The van der Waals surface area contributed by atoms with Crippen LogP contribution in [0.5, 0.6) is 0 Å². The molecule has 0 saturated heterocycles. The Kier molecular flexibility index (Phi) is 7.24. The standard InChI is InChI=1S/C12H22ClN3O/c1-3-17-9-5-4-6-14-7-8-16-11(2)12(13)10-15-16/h10,14H,3-9H2,1-2H3. The van der Waals surface area contributed by atoms with Crippen molar-refractivity contribution in [2.75, 3.05) is 26.3 Å². The van der Waals surface area contributed by atoms with E-state index in [1.807, 2.05) is 18.5 Å². The summed E-state index contributed by atoms with van der Waals surface area (Å²) in [6.07, 6.45) is 3.96. The number of hydrogen-bond acceptors (Lipinski definition) is 3. The molecule has 0 amide bonds. The summed E-state index contributed by atoms with van der Waals surface area (Å²) in [5, 5.41) is 8.32. The Morgan fingerprint density at radius 2 is 2.24 bits per heavy atom. The second-order valence-corrected chi connectivity index (χ2v) is 4.36. The van der Waals surface area contributed by atoms with Gasteiger partial charge in [0.1, 0.15) is 0 Å². The lowest BCUT2D eigenvalue weighted by molar-refractivity contribution is 0.143. The lowest BCUT2D eigenvalue weighted by Gasteiger charge is -2.06. The molecule has 0 unspecified atom stereocenters. The van der Waals surface area contributed by atoms with Gasteiger partial charge in [0.2, 0.25) is 0 Å². The summed E-state index contributed by atoms with van der Waals surface area (Å²) in [5.74, 6) is 0. The maximum Gasteiger partial charge on any atom is 0.0814 e. The molecule has 0 aliphatic rings. The quantitative estimate of drug-likeness (QED) is 0.692. The molecule has 0 spiro atoms. The molecule has 4 nitrogen and oxygen atoms in total. The average Bonchev–Trinajstić information content (AvgIpc) is 2.64. The van der Waals surface area contributed by atoms with Crippen LogP contribution in [0, 0.1) is 6.92 Å². The van der Waals surface area contributed by atoms with Gasteiger partial charge in [-0.05, 0) is 33.2 Å². The topological polar surface area (TPSA) is 39.1 Å². The minimum absolute atomic E-state index is 0.738. The molecular weight excluding hydrogens is 238 g/mol. The number of nitrogens with zero attached hydrogens (tertiary/aromatic N) is 2. The highest BCUT2D eigenvalue weighted by Gasteiger charge is 2.02. The van der Waals surface area contributed by atoms with E-state index in [9.17, 15) is 0 Å². The second-order valence-electron chi connectivity index (χ2n) is 3.96. The number of hydrogen-bond donors (Lipinski definition) is 1. The Balaban J connectivity index is 1.99. The van der Waals surface area contributed by atoms with Crippen molar-refractivity contribution in [1.82, 2.24) is 15.1 Å². The average molecular weight is 260 g/mol. The number of ether oxygens (including phenoxy) is 1.